The van der Waals surface area contributed by atoms with Crippen molar-refractivity contribution in [1.29, 1.82) is 0 Å². The van der Waals surface area contributed by atoms with Crippen LogP contribution in [0.1, 0.15) is 24.8 Å². The highest BCUT2D eigenvalue weighted by Gasteiger charge is 2.21. The van der Waals surface area contributed by atoms with E-state index in [1.54, 1.807) is 0 Å². The molecule has 1 aliphatic heterocycles. The molecule has 84 valence electrons. The number of nitrogens with one attached hydrogen (secondary N) is 1. The van der Waals surface area contributed by atoms with Crippen LogP contribution in [0.4, 0.5) is 0 Å². The van der Waals surface area contributed by atoms with Gasteiger partial charge in [0.2, 0.25) is 0 Å². The first-order chi connectivity index (χ1) is 7.29. The van der Waals surface area contributed by atoms with E-state index in [4.69, 9.17) is 4.52 Å². The number of rotatable bonds is 3. The fourth-order valence-electron chi connectivity index (χ4n) is 2.11. The van der Waals surface area contributed by atoms with E-state index in [9.17, 15) is 0 Å². The van der Waals surface area contributed by atoms with Crippen molar-refractivity contribution < 1.29 is 4.52 Å². The summed E-state index contributed by atoms with van der Waals surface area (Å²) < 4.78 is 5.08. The number of aryl methyl sites for hydroxylation is 1. The van der Waals surface area contributed by atoms with Crippen molar-refractivity contribution in [3.63, 3.8) is 0 Å². The maximum absolute atomic E-state index is 5.08. The van der Waals surface area contributed by atoms with Gasteiger partial charge in [0.25, 0.3) is 0 Å². The average Bonchev–Trinajstić information content (AvgIpc) is 2.65. The van der Waals surface area contributed by atoms with Crippen LogP contribution in [0, 0.1) is 6.92 Å². The van der Waals surface area contributed by atoms with Crippen molar-refractivity contribution in [1.82, 2.24) is 15.4 Å². The van der Waals surface area contributed by atoms with Gasteiger partial charge in [0.1, 0.15) is 5.76 Å². The molecule has 1 atom stereocenters. The first-order valence-corrected chi connectivity index (χ1v) is 5.66. The van der Waals surface area contributed by atoms with Crippen LogP contribution in [0.3, 0.4) is 0 Å². The van der Waals surface area contributed by atoms with E-state index in [1.165, 1.54) is 6.42 Å². The number of hydrogen-bond acceptors (Lipinski definition) is 4. The molecule has 1 aliphatic rings. The van der Waals surface area contributed by atoms with E-state index in [2.05, 4.69) is 22.3 Å². The summed E-state index contributed by atoms with van der Waals surface area (Å²) in [5.74, 6) is 0.896. The SMILES string of the molecule is CCC1CNCCN1Cc1cc(C)on1. The molecule has 4 nitrogen and oxygen atoms in total. The Labute approximate surface area is 90.6 Å². The minimum Gasteiger partial charge on any atom is -0.361 e. The van der Waals surface area contributed by atoms with Crippen LogP contribution < -0.4 is 5.32 Å². The lowest BCUT2D eigenvalue weighted by atomic mass is 10.1. The maximum atomic E-state index is 5.08. The summed E-state index contributed by atoms with van der Waals surface area (Å²) in [6.45, 7) is 8.35. The average molecular weight is 209 g/mol. The minimum absolute atomic E-state index is 0.635. The zero-order chi connectivity index (χ0) is 10.7. The first kappa shape index (κ1) is 10.6. The van der Waals surface area contributed by atoms with Crippen molar-refractivity contribution >= 4 is 0 Å². The second kappa shape index (κ2) is 4.77. The van der Waals surface area contributed by atoms with Gasteiger partial charge < -0.3 is 9.84 Å². The van der Waals surface area contributed by atoms with Crippen LogP contribution in [0.5, 0.6) is 0 Å². The van der Waals surface area contributed by atoms with Gasteiger partial charge in [0.15, 0.2) is 0 Å². The Morgan fingerprint density at radius 2 is 2.53 bits per heavy atom. The van der Waals surface area contributed by atoms with Gasteiger partial charge in [-0.2, -0.15) is 0 Å². The lowest BCUT2D eigenvalue weighted by Gasteiger charge is -2.34. The molecule has 0 amide bonds. The highest BCUT2D eigenvalue weighted by molar-refractivity contribution is 5.03. The van der Waals surface area contributed by atoms with Crippen molar-refractivity contribution in [3.05, 3.63) is 17.5 Å². The van der Waals surface area contributed by atoms with Crippen molar-refractivity contribution in [3.8, 4) is 0 Å². The molecule has 1 unspecified atom stereocenters. The van der Waals surface area contributed by atoms with E-state index in [0.717, 1.165) is 37.6 Å². The molecule has 0 radical (unpaired) electrons. The molecule has 4 heteroatoms. The van der Waals surface area contributed by atoms with Crippen LogP contribution in [-0.4, -0.2) is 35.7 Å². The van der Waals surface area contributed by atoms with Gasteiger partial charge in [-0.3, -0.25) is 4.90 Å². The fourth-order valence-corrected chi connectivity index (χ4v) is 2.11. The molecular formula is C11H19N3O. The second-order valence-electron chi connectivity index (χ2n) is 4.17. The maximum Gasteiger partial charge on any atom is 0.133 e. The molecule has 1 fully saturated rings. The molecule has 0 aromatic carbocycles. The number of piperazine rings is 1. The van der Waals surface area contributed by atoms with E-state index in [-0.39, 0.29) is 0 Å². The Bertz CT molecular complexity index is 311. The molecule has 0 bridgehead atoms. The molecule has 1 aromatic heterocycles. The van der Waals surface area contributed by atoms with E-state index in [0.29, 0.717) is 6.04 Å². The monoisotopic (exact) mass is 209 g/mol. The first-order valence-electron chi connectivity index (χ1n) is 5.66. The topological polar surface area (TPSA) is 41.3 Å². The summed E-state index contributed by atoms with van der Waals surface area (Å²) in [7, 11) is 0. The summed E-state index contributed by atoms with van der Waals surface area (Å²) in [6, 6.07) is 2.66. The Morgan fingerprint density at radius 1 is 1.67 bits per heavy atom. The lowest BCUT2D eigenvalue weighted by Crippen LogP contribution is -2.50. The van der Waals surface area contributed by atoms with Gasteiger partial charge in [-0.1, -0.05) is 12.1 Å². The predicted octanol–water partition coefficient (Wildman–Crippen LogP) is 1.17. The quantitative estimate of drug-likeness (QED) is 0.811. The lowest BCUT2D eigenvalue weighted by molar-refractivity contribution is 0.145. The highest BCUT2D eigenvalue weighted by atomic mass is 16.5. The molecule has 2 rings (SSSR count). The highest BCUT2D eigenvalue weighted by Crippen LogP contribution is 2.12. The van der Waals surface area contributed by atoms with Crippen molar-refractivity contribution in [2.45, 2.75) is 32.9 Å². The van der Waals surface area contributed by atoms with Gasteiger partial charge in [0, 0.05) is 38.3 Å². The summed E-state index contributed by atoms with van der Waals surface area (Å²) in [5, 5.41) is 7.46. The molecule has 15 heavy (non-hydrogen) atoms. The Morgan fingerprint density at radius 3 is 3.20 bits per heavy atom. The molecule has 1 N–H and O–H groups in total. The molecule has 1 saturated heterocycles. The van der Waals surface area contributed by atoms with E-state index in [1.807, 2.05) is 13.0 Å². The summed E-state index contributed by atoms with van der Waals surface area (Å²) in [6.07, 6.45) is 1.18. The Kier molecular flexibility index (Phi) is 3.38. The summed E-state index contributed by atoms with van der Waals surface area (Å²) in [4.78, 5) is 2.48. The van der Waals surface area contributed by atoms with E-state index < -0.39 is 0 Å². The summed E-state index contributed by atoms with van der Waals surface area (Å²) in [5.41, 5.74) is 1.05. The number of aromatic nitrogens is 1. The third-order valence-corrected chi connectivity index (χ3v) is 2.99. The fraction of sp³-hybridized carbons (Fsp3) is 0.727. The van der Waals surface area contributed by atoms with E-state index >= 15 is 0 Å². The minimum atomic E-state index is 0.635. The normalized spacial score (nSPS) is 23.2. The van der Waals surface area contributed by atoms with Gasteiger partial charge in [-0.25, -0.2) is 0 Å². The molecule has 0 spiro atoms. The van der Waals surface area contributed by atoms with Crippen molar-refractivity contribution in [2.24, 2.45) is 0 Å². The van der Waals surface area contributed by atoms with Crippen LogP contribution in [0.15, 0.2) is 10.6 Å². The molecule has 2 heterocycles. The third kappa shape index (κ3) is 2.58. The number of nitrogens with zero attached hydrogens (tertiary/aromatic N) is 2. The number of hydrogen-bond donors (Lipinski definition) is 1. The predicted molar refractivity (Wildman–Crippen MR) is 58.6 cm³/mol. The largest absolute Gasteiger partial charge is 0.361 e. The molecule has 0 aliphatic carbocycles. The zero-order valence-corrected chi connectivity index (χ0v) is 9.49. The Hall–Kier alpha value is -0.870. The van der Waals surface area contributed by atoms with Gasteiger partial charge >= 0.3 is 0 Å². The summed E-state index contributed by atoms with van der Waals surface area (Å²) >= 11 is 0. The van der Waals surface area contributed by atoms with Crippen LogP contribution in [-0.2, 0) is 6.54 Å². The standard InChI is InChI=1S/C11H19N3O/c1-3-11-7-12-4-5-14(11)8-10-6-9(2)15-13-10/h6,11-12H,3-5,7-8H2,1-2H3. The van der Waals surface area contributed by atoms with Crippen LogP contribution >= 0.6 is 0 Å². The van der Waals surface area contributed by atoms with Crippen molar-refractivity contribution in [2.75, 3.05) is 19.6 Å². The molecular weight excluding hydrogens is 190 g/mol. The van der Waals surface area contributed by atoms with Crippen LogP contribution in [0.2, 0.25) is 0 Å². The van der Waals surface area contributed by atoms with Gasteiger partial charge in [-0.05, 0) is 13.3 Å². The zero-order valence-electron chi connectivity index (χ0n) is 9.49. The molecule has 0 saturated carbocycles. The van der Waals surface area contributed by atoms with Gasteiger partial charge in [0.05, 0.1) is 5.69 Å². The second-order valence-corrected chi connectivity index (χ2v) is 4.17. The smallest absolute Gasteiger partial charge is 0.133 e. The molecule has 1 aromatic rings. The third-order valence-electron chi connectivity index (χ3n) is 2.99. The Balaban J connectivity index is 1.97. The van der Waals surface area contributed by atoms with Gasteiger partial charge in [-0.15, -0.1) is 0 Å². The van der Waals surface area contributed by atoms with Crippen LogP contribution in [0.25, 0.3) is 0 Å².